The van der Waals surface area contributed by atoms with Crippen LogP contribution in [0.15, 0.2) is 23.7 Å². The molecule has 2 aromatic rings. The number of ether oxygens (including phenoxy) is 1. The van der Waals surface area contributed by atoms with E-state index in [-0.39, 0.29) is 6.04 Å². The van der Waals surface area contributed by atoms with Gasteiger partial charge in [0.15, 0.2) is 0 Å². The van der Waals surface area contributed by atoms with Gasteiger partial charge in [-0.2, -0.15) is 0 Å². The molecular formula is C15H16Cl2N2OS. The van der Waals surface area contributed by atoms with Crippen LogP contribution >= 0.6 is 34.5 Å². The Bertz CT molecular complexity index is 618. The summed E-state index contributed by atoms with van der Waals surface area (Å²) in [6.45, 7) is 3.70. The molecule has 1 aliphatic rings. The molecule has 3 rings (SSSR count). The molecule has 0 radical (unpaired) electrons. The van der Waals surface area contributed by atoms with E-state index in [9.17, 15) is 0 Å². The van der Waals surface area contributed by atoms with Crippen LogP contribution in [0.1, 0.15) is 35.9 Å². The Morgan fingerprint density at radius 1 is 1.48 bits per heavy atom. The first kappa shape index (κ1) is 15.1. The number of aromatic nitrogens is 1. The van der Waals surface area contributed by atoms with Crippen LogP contribution in [0, 0.1) is 0 Å². The van der Waals surface area contributed by atoms with Crippen molar-refractivity contribution in [3.63, 3.8) is 0 Å². The highest BCUT2D eigenvalue weighted by Crippen LogP contribution is 2.40. The number of thiazole rings is 1. The average molecular weight is 343 g/mol. The predicted molar refractivity (Wildman–Crippen MR) is 87.8 cm³/mol. The second kappa shape index (κ2) is 6.53. The Morgan fingerprint density at radius 3 is 3.10 bits per heavy atom. The molecule has 0 saturated carbocycles. The molecule has 0 saturated heterocycles. The van der Waals surface area contributed by atoms with Crippen LogP contribution < -0.4 is 10.1 Å². The van der Waals surface area contributed by atoms with Crippen LogP contribution in [0.4, 0.5) is 0 Å². The van der Waals surface area contributed by atoms with Gasteiger partial charge in [0, 0.05) is 47.1 Å². The van der Waals surface area contributed by atoms with Gasteiger partial charge in [-0.3, -0.25) is 0 Å². The minimum atomic E-state index is 0.215. The lowest BCUT2D eigenvalue weighted by Gasteiger charge is -2.28. The van der Waals surface area contributed by atoms with E-state index in [1.54, 1.807) is 17.4 Å². The maximum absolute atomic E-state index is 6.21. The molecule has 0 amide bonds. The average Bonchev–Trinajstić information content (AvgIpc) is 2.99. The van der Waals surface area contributed by atoms with E-state index < -0.39 is 0 Å². The quantitative estimate of drug-likeness (QED) is 0.876. The van der Waals surface area contributed by atoms with Crippen LogP contribution in [0.2, 0.25) is 10.0 Å². The van der Waals surface area contributed by atoms with Crippen LogP contribution in [0.5, 0.6) is 5.75 Å². The molecule has 112 valence electrons. The van der Waals surface area contributed by atoms with Gasteiger partial charge < -0.3 is 10.1 Å². The highest BCUT2D eigenvalue weighted by Gasteiger charge is 2.24. The van der Waals surface area contributed by atoms with Crippen molar-refractivity contribution in [2.24, 2.45) is 0 Å². The third-order valence-electron chi connectivity index (χ3n) is 3.61. The number of benzene rings is 1. The van der Waals surface area contributed by atoms with Crippen molar-refractivity contribution in [3.05, 3.63) is 44.3 Å². The summed E-state index contributed by atoms with van der Waals surface area (Å²) in [5.41, 5.74) is 1.05. The summed E-state index contributed by atoms with van der Waals surface area (Å²) in [5, 5.41) is 7.97. The number of nitrogens with zero attached hydrogens (tertiary/aromatic N) is 1. The molecule has 2 heterocycles. The molecular weight excluding hydrogens is 327 g/mol. The fraction of sp³-hybridized carbons (Fsp3) is 0.400. The van der Waals surface area contributed by atoms with Crippen LogP contribution in [-0.2, 0) is 0 Å². The predicted octanol–water partition coefficient (Wildman–Crippen LogP) is 4.67. The van der Waals surface area contributed by atoms with E-state index in [2.05, 4.69) is 17.2 Å². The second-order valence-corrected chi connectivity index (χ2v) is 6.95. The number of halogens is 2. The first-order valence-corrected chi connectivity index (χ1v) is 8.53. The standard InChI is InChI=1S/C15H16Cl2N2OS/c1-9(15-18-3-5-21-15)8-19-13-2-4-20-14-11(13)6-10(16)7-12(14)17/h3,5-7,9,13,19H,2,4,8H2,1H3. The van der Waals surface area contributed by atoms with E-state index in [4.69, 9.17) is 27.9 Å². The topological polar surface area (TPSA) is 34.1 Å². The molecule has 1 N–H and O–H groups in total. The van der Waals surface area contributed by atoms with Crippen LogP contribution in [-0.4, -0.2) is 18.1 Å². The highest BCUT2D eigenvalue weighted by atomic mass is 35.5. The largest absolute Gasteiger partial charge is 0.492 e. The fourth-order valence-corrected chi connectivity index (χ4v) is 3.78. The molecule has 0 spiro atoms. The smallest absolute Gasteiger partial charge is 0.142 e. The zero-order valence-electron chi connectivity index (χ0n) is 11.6. The van der Waals surface area contributed by atoms with Crippen molar-refractivity contribution in [1.82, 2.24) is 10.3 Å². The maximum atomic E-state index is 6.21. The molecule has 1 aliphatic heterocycles. The van der Waals surface area contributed by atoms with Crippen molar-refractivity contribution in [2.75, 3.05) is 13.2 Å². The van der Waals surface area contributed by atoms with Crippen molar-refractivity contribution >= 4 is 34.5 Å². The van der Waals surface area contributed by atoms with Crippen molar-refractivity contribution in [1.29, 1.82) is 0 Å². The lowest BCUT2D eigenvalue weighted by Crippen LogP contribution is -2.30. The monoisotopic (exact) mass is 342 g/mol. The first-order valence-electron chi connectivity index (χ1n) is 6.89. The fourth-order valence-electron chi connectivity index (χ4n) is 2.52. The molecule has 2 unspecified atom stereocenters. The van der Waals surface area contributed by atoms with Gasteiger partial charge in [-0.05, 0) is 12.1 Å². The Kier molecular flexibility index (Phi) is 4.69. The minimum absolute atomic E-state index is 0.215. The Labute approximate surface area is 138 Å². The molecule has 1 aromatic carbocycles. The van der Waals surface area contributed by atoms with E-state index >= 15 is 0 Å². The van der Waals surface area contributed by atoms with Gasteiger partial charge in [0.25, 0.3) is 0 Å². The molecule has 1 aromatic heterocycles. The van der Waals surface area contributed by atoms with E-state index in [1.165, 1.54) is 0 Å². The van der Waals surface area contributed by atoms with Gasteiger partial charge in [0.2, 0.25) is 0 Å². The number of hydrogen-bond acceptors (Lipinski definition) is 4. The number of nitrogens with one attached hydrogen (secondary N) is 1. The third kappa shape index (κ3) is 3.34. The Balaban J connectivity index is 1.73. The summed E-state index contributed by atoms with van der Waals surface area (Å²) in [7, 11) is 0. The lowest BCUT2D eigenvalue weighted by molar-refractivity contribution is 0.252. The zero-order valence-corrected chi connectivity index (χ0v) is 13.9. The van der Waals surface area contributed by atoms with Crippen LogP contribution in [0.25, 0.3) is 0 Å². The molecule has 0 aliphatic carbocycles. The number of fused-ring (bicyclic) bond motifs is 1. The highest BCUT2D eigenvalue weighted by molar-refractivity contribution is 7.09. The third-order valence-corrected chi connectivity index (χ3v) is 5.11. The minimum Gasteiger partial charge on any atom is -0.492 e. The van der Waals surface area contributed by atoms with Gasteiger partial charge in [0.1, 0.15) is 5.75 Å². The van der Waals surface area contributed by atoms with Gasteiger partial charge in [0.05, 0.1) is 16.6 Å². The number of hydrogen-bond donors (Lipinski definition) is 1. The molecule has 6 heteroatoms. The molecule has 0 bridgehead atoms. The Hall–Kier alpha value is -0.810. The summed E-state index contributed by atoms with van der Waals surface area (Å²) in [6, 6.07) is 3.88. The molecule has 2 atom stereocenters. The molecule has 3 nitrogen and oxygen atoms in total. The van der Waals surface area contributed by atoms with Crippen molar-refractivity contribution in [2.45, 2.75) is 25.3 Å². The zero-order chi connectivity index (χ0) is 14.8. The molecule has 21 heavy (non-hydrogen) atoms. The molecule has 0 fully saturated rings. The van der Waals surface area contributed by atoms with E-state index in [0.717, 1.165) is 29.3 Å². The summed E-state index contributed by atoms with van der Waals surface area (Å²) >= 11 is 14.0. The van der Waals surface area contributed by atoms with Gasteiger partial charge >= 0.3 is 0 Å². The summed E-state index contributed by atoms with van der Waals surface area (Å²) in [5.74, 6) is 1.14. The van der Waals surface area contributed by atoms with Gasteiger partial charge in [-0.1, -0.05) is 30.1 Å². The van der Waals surface area contributed by atoms with Crippen molar-refractivity contribution in [3.8, 4) is 5.75 Å². The SMILES string of the molecule is CC(CNC1CCOc2c(Cl)cc(Cl)cc21)c1nccs1. The van der Waals surface area contributed by atoms with E-state index in [1.807, 2.05) is 17.6 Å². The van der Waals surface area contributed by atoms with Crippen molar-refractivity contribution < 1.29 is 4.74 Å². The first-order chi connectivity index (χ1) is 10.1. The summed E-state index contributed by atoms with van der Waals surface area (Å²) < 4.78 is 5.68. The van der Waals surface area contributed by atoms with E-state index in [0.29, 0.717) is 22.6 Å². The lowest BCUT2D eigenvalue weighted by atomic mass is 10.00. The number of rotatable bonds is 4. The summed E-state index contributed by atoms with van der Waals surface area (Å²) in [6.07, 6.45) is 2.76. The van der Waals surface area contributed by atoms with Crippen LogP contribution in [0.3, 0.4) is 0 Å². The Morgan fingerprint density at radius 2 is 2.33 bits per heavy atom. The maximum Gasteiger partial charge on any atom is 0.142 e. The normalized spacial score (nSPS) is 18.9. The summed E-state index contributed by atoms with van der Waals surface area (Å²) in [4.78, 5) is 4.36. The second-order valence-electron chi connectivity index (χ2n) is 5.18. The van der Waals surface area contributed by atoms with Gasteiger partial charge in [-0.15, -0.1) is 11.3 Å². The van der Waals surface area contributed by atoms with Gasteiger partial charge in [-0.25, -0.2) is 4.98 Å².